The standard InChI is InChI=1S/C19H26N4O/c1-3-23(4-2)14-13-21-19(24)16-11-8-12-17(20)18(16)22-15-9-6-5-7-10-15/h5-12,22H,3-4,13-14,20H2,1-2H3,(H,21,24). The number of para-hydroxylation sites is 2. The molecular formula is C19H26N4O. The molecule has 0 spiro atoms. The molecule has 0 radical (unpaired) electrons. The molecule has 0 fully saturated rings. The van der Waals surface area contributed by atoms with Crippen LogP contribution in [0.25, 0.3) is 0 Å². The molecule has 5 nitrogen and oxygen atoms in total. The van der Waals surface area contributed by atoms with E-state index in [4.69, 9.17) is 5.73 Å². The maximum absolute atomic E-state index is 12.5. The molecule has 0 saturated heterocycles. The Hall–Kier alpha value is -2.53. The molecule has 5 heteroatoms. The van der Waals surface area contributed by atoms with Crippen LogP contribution in [0.3, 0.4) is 0 Å². The fraction of sp³-hybridized carbons (Fsp3) is 0.316. The van der Waals surface area contributed by atoms with Gasteiger partial charge >= 0.3 is 0 Å². The smallest absolute Gasteiger partial charge is 0.253 e. The normalized spacial score (nSPS) is 10.6. The van der Waals surface area contributed by atoms with Gasteiger partial charge in [-0.15, -0.1) is 0 Å². The molecule has 0 aliphatic rings. The third kappa shape index (κ3) is 4.73. The Morgan fingerprint density at radius 3 is 2.42 bits per heavy atom. The van der Waals surface area contributed by atoms with E-state index in [1.807, 2.05) is 30.3 Å². The highest BCUT2D eigenvalue weighted by Crippen LogP contribution is 2.27. The van der Waals surface area contributed by atoms with E-state index >= 15 is 0 Å². The first-order chi connectivity index (χ1) is 11.7. The second-order valence-corrected chi connectivity index (χ2v) is 5.54. The van der Waals surface area contributed by atoms with E-state index in [2.05, 4.69) is 29.4 Å². The predicted octanol–water partition coefficient (Wildman–Crippen LogP) is 3.08. The summed E-state index contributed by atoms with van der Waals surface area (Å²) in [5.41, 5.74) is 8.72. The number of nitrogens with zero attached hydrogens (tertiary/aromatic N) is 1. The molecule has 0 atom stereocenters. The van der Waals surface area contributed by atoms with Gasteiger partial charge in [0.25, 0.3) is 5.91 Å². The minimum atomic E-state index is -0.118. The van der Waals surface area contributed by atoms with Gasteiger partial charge in [0.15, 0.2) is 0 Å². The molecule has 1 amide bonds. The van der Waals surface area contributed by atoms with Gasteiger partial charge in [-0.1, -0.05) is 38.1 Å². The number of likely N-dealkylation sites (N-methyl/N-ethyl adjacent to an activating group) is 1. The van der Waals surface area contributed by atoms with E-state index < -0.39 is 0 Å². The third-order valence-corrected chi connectivity index (χ3v) is 3.99. The van der Waals surface area contributed by atoms with Crippen LogP contribution in [0.2, 0.25) is 0 Å². The van der Waals surface area contributed by atoms with Gasteiger partial charge in [0.2, 0.25) is 0 Å². The highest BCUT2D eigenvalue weighted by atomic mass is 16.1. The maximum Gasteiger partial charge on any atom is 0.253 e. The fourth-order valence-corrected chi connectivity index (χ4v) is 2.53. The maximum atomic E-state index is 12.5. The van der Waals surface area contributed by atoms with E-state index in [9.17, 15) is 4.79 Å². The van der Waals surface area contributed by atoms with E-state index in [1.54, 1.807) is 18.2 Å². The molecule has 24 heavy (non-hydrogen) atoms. The Morgan fingerprint density at radius 1 is 1.04 bits per heavy atom. The summed E-state index contributed by atoms with van der Waals surface area (Å²) < 4.78 is 0. The van der Waals surface area contributed by atoms with Gasteiger partial charge in [-0.2, -0.15) is 0 Å². The van der Waals surface area contributed by atoms with E-state index in [-0.39, 0.29) is 5.91 Å². The molecular weight excluding hydrogens is 300 g/mol. The summed E-state index contributed by atoms with van der Waals surface area (Å²) in [5.74, 6) is -0.118. The average molecular weight is 326 g/mol. The van der Waals surface area contributed by atoms with Crippen LogP contribution < -0.4 is 16.4 Å². The van der Waals surface area contributed by atoms with Gasteiger partial charge in [0.1, 0.15) is 0 Å². The van der Waals surface area contributed by atoms with Crippen molar-refractivity contribution in [3.63, 3.8) is 0 Å². The fourth-order valence-electron chi connectivity index (χ4n) is 2.53. The van der Waals surface area contributed by atoms with Crippen molar-refractivity contribution in [2.45, 2.75) is 13.8 Å². The molecule has 4 N–H and O–H groups in total. The molecule has 0 bridgehead atoms. The van der Waals surface area contributed by atoms with Crippen LogP contribution in [0, 0.1) is 0 Å². The first-order valence-electron chi connectivity index (χ1n) is 8.36. The number of nitrogen functional groups attached to an aromatic ring is 1. The predicted molar refractivity (Wildman–Crippen MR) is 101 cm³/mol. The number of benzene rings is 2. The molecule has 0 heterocycles. The van der Waals surface area contributed by atoms with Crippen LogP contribution >= 0.6 is 0 Å². The molecule has 2 rings (SSSR count). The zero-order chi connectivity index (χ0) is 17.4. The summed E-state index contributed by atoms with van der Waals surface area (Å²) in [5, 5.41) is 6.22. The van der Waals surface area contributed by atoms with Gasteiger partial charge in [0.05, 0.1) is 16.9 Å². The molecule has 0 aliphatic carbocycles. The minimum Gasteiger partial charge on any atom is -0.397 e. The summed E-state index contributed by atoms with van der Waals surface area (Å²) in [6.07, 6.45) is 0. The SMILES string of the molecule is CCN(CC)CCNC(=O)c1cccc(N)c1Nc1ccccc1. The Balaban J connectivity index is 2.09. The van der Waals surface area contributed by atoms with Crippen molar-refractivity contribution >= 4 is 23.0 Å². The number of nitrogens with one attached hydrogen (secondary N) is 2. The zero-order valence-electron chi connectivity index (χ0n) is 14.4. The monoisotopic (exact) mass is 326 g/mol. The van der Waals surface area contributed by atoms with Gasteiger partial charge in [-0.25, -0.2) is 0 Å². The summed E-state index contributed by atoms with van der Waals surface area (Å²) in [4.78, 5) is 14.8. The van der Waals surface area contributed by atoms with Crippen LogP contribution in [0.15, 0.2) is 48.5 Å². The lowest BCUT2D eigenvalue weighted by atomic mass is 10.1. The minimum absolute atomic E-state index is 0.118. The molecule has 2 aromatic rings. The van der Waals surface area contributed by atoms with Crippen molar-refractivity contribution < 1.29 is 4.79 Å². The highest BCUT2D eigenvalue weighted by Gasteiger charge is 2.14. The Bertz CT molecular complexity index is 654. The number of anilines is 3. The molecule has 0 unspecified atom stereocenters. The molecule has 0 aliphatic heterocycles. The topological polar surface area (TPSA) is 70.4 Å². The van der Waals surface area contributed by atoms with Gasteiger partial charge in [-0.05, 0) is 37.4 Å². The Kier molecular flexibility index (Phi) is 6.63. The lowest BCUT2D eigenvalue weighted by Crippen LogP contribution is -2.35. The third-order valence-electron chi connectivity index (χ3n) is 3.99. The largest absolute Gasteiger partial charge is 0.397 e. The second kappa shape index (κ2) is 8.93. The zero-order valence-corrected chi connectivity index (χ0v) is 14.4. The lowest BCUT2D eigenvalue weighted by Gasteiger charge is -2.19. The Morgan fingerprint density at radius 2 is 1.75 bits per heavy atom. The molecule has 0 saturated carbocycles. The summed E-state index contributed by atoms with van der Waals surface area (Å²) in [7, 11) is 0. The van der Waals surface area contributed by atoms with E-state index in [1.165, 1.54) is 0 Å². The summed E-state index contributed by atoms with van der Waals surface area (Å²) >= 11 is 0. The van der Waals surface area contributed by atoms with Crippen LogP contribution in [0.1, 0.15) is 24.2 Å². The molecule has 2 aromatic carbocycles. The summed E-state index contributed by atoms with van der Waals surface area (Å²) in [6.45, 7) is 7.63. The number of nitrogens with two attached hydrogens (primary N) is 1. The van der Waals surface area contributed by atoms with Crippen molar-refractivity contribution in [2.75, 3.05) is 37.2 Å². The molecule has 128 valence electrons. The number of amides is 1. The van der Waals surface area contributed by atoms with Crippen LogP contribution in [-0.4, -0.2) is 37.0 Å². The summed E-state index contributed by atoms with van der Waals surface area (Å²) in [6, 6.07) is 15.1. The van der Waals surface area contributed by atoms with Gasteiger partial charge < -0.3 is 21.3 Å². The number of carbonyl (C=O) groups excluding carboxylic acids is 1. The number of rotatable bonds is 8. The lowest BCUT2D eigenvalue weighted by molar-refractivity contribution is 0.0950. The first kappa shape index (κ1) is 17.8. The first-order valence-corrected chi connectivity index (χ1v) is 8.36. The molecule has 0 aromatic heterocycles. The van der Waals surface area contributed by atoms with Gasteiger partial charge in [-0.3, -0.25) is 4.79 Å². The van der Waals surface area contributed by atoms with Crippen molar-refractivity contribution in [3.8, 4) is 0 Å². The Labute approximate surface area is 143 Å². The van der Waals surface area contributed by atoms with Crippen LogP contribution in [0.5, 0.6) is 0 Å². The van der Waals surface area contributed by atoms with Crippen LogP contribution in [0.4, 0.5) is 17.1 Å². The number of carbonyl (C=O) groups is 1. The van der Waals surface area contributed by atoms with Crippen LogP contribution in [-0.2, 0) is 0 Å². The quantitative estimate of drug-likeness (QED) is 0.652. The van der Waals surface area contributed by atoms with Crippen molar-refractivity contribution in [1.82, 2.24) is 10.2 Å². The highest BCUT2D eigenvalue weighted by molar-refractivity contribution is 6.03. The van der Waals surface area contributed by atoms with Crippen molar-refractivity contribution in [1.29, 1.82) is 0 Å². The van der Waals surface area contributed by atoms with Crippen molar-refractivity contribution in [2.24, 2.45) is 0 Å². The number of hydrogen-bond acceptors (Lipinski definition) is 4. The van der Waals surface area contributed by atoms with Gasteiger partial charge in [0, 0.05) is 18.8 Å². The van der Waals surface area contributed by atoms with Crippen molar-refractivity contribution in [3.05, 3.63) is 54.1 Å². The van der Waals surface area contributed by atoms with E-state index in [0.717, 1.165) is 25.3 Å². The number of hydrogen-bond donors (Lipinski definition) is 3. The average Bonchev–Trinajstić information content (AvgIpc) is 2.61. The van der Waals surface area contributed by atoms with E-state index in [0.29, 0.717) is 23.5 Å². The second-order valence-electron chi connectivity index (χ2n) is 5.54.